The van der Waals surface area contributed by atoms with Crippen LogP contribution in [0.5, 0.6) is 5.75 Å². The molecular weight excluding hydrogens is 326 g/mol. The molecular formula is C21H23N3O2. The first kappa shape index (κ1) is 16.5. The van der Waals surface area contributed by atoms with Gasteiger partial charge in [-0.05, 0) is 36.2 Å². The summed E-state index contributed by atoms with van der Waals surface area (Å²) in [4.78, 5) is 12.5. The lowest BCUT2D eigenvalue weighted by Crippen LogP contribution is -2.24. The van der Waals surface area contributed by atoms with Crippen LogP contribution in [0, 0.1) is 0 Å². The number of carbonyl (C=O) groups is 1. The minimum atomic E-state index is -0.201. The van der Waals surface area contributed by atoms with Gasteiger partial charge in [-0.25, -0.2) is 0 Å². The number of fused-ring (bicyclic) bond motifs is 1. The molecule has 2 aromatic rings. The van der Waals surface area contributed by atoms with Crippen LogP contribution in [0.2, 0.25) is 0 Å². The first-order chi connectivity index (χ1) is 12.8. The lowest BCUT2D eigenvalue weighted by Gasteiger charge is -2.20. The fourth-order valence-corrected chi connectivity index (χ4v) is 3.36. The molecule has 0 spiro atoms. The van der Waals surface area contributed by atoms with Crippen molar-refractivity contribution in [2.75, 3.05) is 23.8 Å². The molecule has 26 heavy (non-hydrogen) atoms. The molecule has 134 valence electrons. The number of unbranched alkanes of at least 4 members (excludes halogenated alkanes) is 1. The maximum Gasteiger partial charge on any atom is 0.251 e. The third kappa shape index (κ3) is 3.12. The van der Waals surface area contributed by atoms with Gasteiger partial charge in [0.1, 0.15) is 5.75 Å². The van der Waals surface area contributed by atoms with Crippen molar-refractivity contribution in [1.82, 2.24) is 5.32 Å². The van der Waals surface area contributed by atoms with Gasteiger partial charge in [0.2, 0.25) is 0 Å². The van der Waals surface area contributed by atoms with Crippen LogP contribution in [-0.4, -0.2) is 19.1 Å². The number of amides is 1. The van der Waals surface area contributed by atoms with Gasteiger partial charge >= 0.3 is 0 Å². The molecule has 0 aromatic heterocycles. The van der Waals surface area contributed by atoms with Crippen molar-refractivity contribution in [2.45, 2.75) is 25.8 Å². The number of carbonyl (C=O) groups excluding carboxylic acids is 1. The van der Waals surface area contributed by atoms with Crippen molar-refractivity contribution in [3.05, 3.63) is 65.4 Å². The summed E-state index contributed by atoms with van der Waals surface area (Å²) in [7, 11) is 0. The number of benzene rings is 2. The normalized spacial score (nSPS) is 18.2. The highest BCUT2D eigenvalue weighted by Crippen LogP contribution is 2.38. The molecule has 5 nitrogen and oxygen atoms in total. The van der Waals surface area contributed by atoms with Gasteiger partial charge in [0.25, 0.3) is 5.91 Å². The Bertz CT molecular complexity index is 843. The molecule has 2 aliphatic heterocycles. The molecule has 3 N–H and O–H groups in total. The van der Waals surface area contributed by atoms with Crippen LogP contribution in [-0.2, 0) is 4.79 Å². The number of anilines is 2. The molecule has 0 saturated heterocycles. The number of para-hydroxylation sites is 2. The molecule has 0 fully saturated rings. The first-order valence-electron chi connectivity index (χ1n) is 9.13. The van der Waals surface area contributed by atoms with Gasteiger partial charge in [-0.15, -0.1) is 0 Å². The molecule has 2 heterocycles. The van der Waals surface area contributed by atoms with E-state index in [0.29, 0.717) is 6.54 Å². The van der Waals surface area contributed by atoms with Crippen LogP contribution in [0.1, 0.15) is 31.4 Å². The van der Waals surface area contributed by atoms with Crippen LogP contribution >= 0.6 is 0 Å². The summed E-state index contributed by atoms with van der Waals surface area (Å²) < 4.78 is 5.75. The Hall–Kier alpha value is -2.95. The van der Waals surface area contributed by atoms with Gasteiger partial charge in [-0.1, -0.05) is 37.6 Å². The van der Waals surface area contributed by atoms with Crippen LogP contribution in [0.15, 0.2) is 59.8 Å². The summed E-state index contributed by atoms with van der Waals surface area (Å²) >= 11 is 0. The Kier molecular flexibility index (Phi) is 4.52. The monoisotopic (exact) mass is 349 g/mol. The van der Waals surface area contributed by atoms with Crippen LogP contribution in [0.3, 0.4) is 0 Å². The second-order valence-corrected chi connectivity index (χ2v) is 6.59. The molecule has 2 aromatic carbocycles. The predicted octanol–water partition coefficient (Wildman–Crippen LogP) is 3.83. The topological polar surface area (TPSA) is 62.4 Å². The van der Waals surface area contributed by atoms with E-state index in [4.69, 9.17) is 4.74 Å². The molecule has 0 saturated carbocycles. The van der Waals surface area contributed by atoms with Gasteiger partial charge in [0, 0.05) is 5.70 Å². The highest BCUT2D eigenvalue weighted by molar-refractivity contribution is 6.00. The zero-order valence-corrected chi connectivity index (χ0v) is 14.8. The predicted molar refractivity (Wildman–Crippen MR) is 103 cm³/mol. The Morgan fingerprint density at radius 3 is 2.62 bits per heavy atom. The highest BCUT2D eigenvalue weighted by Gasteiger charge is 2.33. The molecule has 2 aliphatic rings. The lowest BCUT2D eigenvalue weighted by molar-refractivity contribution is -0.116. The average molecular weight is 349 g/mol. The van der Waals surface area contributed by atoms with E-state index >= 15 is 0 Å². The zero-order valence-electron chi connectivity index (χ0n) is 14.8. The molecule has 1 atom stereocenters. The van der Waals surface area contributed by atoms with E-state index in [0.717, 1.165) is 53.4 Å². The molecule has 1 unspecified atom stereocenters. The third-order valence-electron chi connectivity index (χ3n) is 4.78. The molecule has 0 radical (unpaired) electrons. The Balaban J connectivity index is 1.65. The smallest absolute Gasteiger partial charge is 0.251 e. The van der Waals surface area contributed by atoms with E-state index in [-0.39, 0.29) is 11.9 Å². The number of hydrogen-bond donors (Lipinski definition) is 3. The summed E-state index contributed by atoms with van der Waals surface area (Å²) in [6.45, 7) is 3.40. The minimum absolute atomic E-state index is 0.0268. The lowest BCUT2D eigenvalue weighted by atomic mass is 9.97. The minimum Gasteiger partial charge on any atom is -0.494 e. The van der Waals surface area contributed by atoms with Crippen molar-refractivity contribution < 1.29 is 9.53 Å². The van der Waals surface area contributed by atoms with E-state index < -0.39 is 0 Å². The summed E-state index contributed by atoms with van der Waals surface area (Å²) in [6, 6.07) is 15.8. The van der Waals surface area contributed by atoms with Gasteiger partial charge in [-0.2, -0.15) is 0 Å². The van der Waals surface area contributed by atoms with E-state index in [1.54, 1.807) is 0 Å². The summed E-state index contributed by atoms with van der Waals surface area (Å²) in [5, 5.41) is 9.86. The summed E-state index contributed by atoms with van der Waals surface area (Å²) in [5.41, 5.74) is 4.69. The van der Waals surface area contributed by atoms with Crippen LogP contribution in [0.25, 0.3) is 0 Å². The fourth-order valence-electron chi connectivity index (χ4n) is 3.36. The van der Waals surface area contributed by atoms with Crippen LogP contribution in [0.4, 0.5) is 11.4 Å². The number of hydrogen-bond acceptors (Lipinski definition) is 4. The van der Waals surface area contributed by atoms with Gasteiger partial charge in [0.15, 0.2) is 0 Å². The van der Waals surface area contributed by atoms with E-state index in [9.17, 15) is 4.79 Å². The molecule has 0 aliphatic carbocycles. The maximum atomic E-state index is 12.5. The summed E-state index contributed by atoms with van der Waals surface area (Å²) in [5.74, 6) is 0.834. The number of ether oxygens (including phenoxy) is 1. The van der Waals surface area contributed by atoms with Crippen molar-refractivity contribution in [1.29, 1.82) is 0 Å². The average Bonchev–Trinajstić information content (AvgIpc) is 2.93. The van der Waals surface area contributed by atoms with Crippen molar-refractivity contribution >= 4 is 17.3 Å². The molecule has 4 rings (SSSR count). The Morgan fingerprint density at radius 1 is 1.08 bits per heavy atom. The van der Waals surface area contributed by atoms with Gasteiger partial charge in [0.05, 0.1) is 36.1 Å². The first-order valence-corrected chi connectivity index (χ1v) is 9.13. The number of nitrogens with one attached hydrogen (secondary N) is 3. The SMILES string of the molecule is CCCCOc1ccc(C2Nc3ccccc3NC3=C2C(=O)NC3)cc1. The quantitative estimate of drug-likeness (QED) is 0.718. The molecule has 0 bridgehead atoms. The van der Waals surface area contributed by atoms with E-state index in [1.165, 1.54) is 0 Å². The molecule has 5 heteroatoms. The Morgan fingerprint density at radius 2 is 1.85 bits per heavy atom. The van der Waals surface area contributed by atoms with E-state index in [2.05, 4.69) is 22.9 Å². The highest BCUT2D eigenvalue weighted by atomic mass is 16.5. The third-order valence-corrected chi connectivity index (χ3v) is 4.78. The van der Waals surface area contributed by atoms with Crippen LogP contribution < -0.4 is 20.7 Å². The van der Waals surface area contributed by atoms with Crippen molar-refractivity contribution in [3.8, 4) is 5.75 Å². The Labute approximate surface area is 153 Å². The fraction of sp³-hybridized carbons (Fsp3) is 0.286. The largest absolute Gasteiger partial charge is 0.494 e. The zero-order chi connectivity index (χ0) is 17.9. The van der Waals surface area contributed by atoms with Gasteiger partial charge < -0.3 is 20.7 Å². The van der Waals surface area contributed by atoms with E-state index in [1.807, 2.05) is 48.5 Å². The number of rotatable bonds is 5. The maximum absolute atomic E-state index is 12.5. The second-order valence-electron chi connectivity index (χ2n) is 6.59. The second kappa shape index (κ2) is 7.12. The van der Waals surface area contributed by atoms with Gasteiger partial charge in [-0.3, -0.25) is 4.79 Å². The summed E-state index contributed by atoms with van der Waals surface area (Å²) in [6.07, 6.45) is 2.16. The molecule has 1 amide bonds. The standard InChI is InChI=1S/C21H23N3O2/c1-2-3-12-26-15-10-8-14(9-11-15)20-19-18(13-22-21(19)25)23-16-6-4-5-7-17(16)24-20/h4-11,20,23-24H,2-3,12-13H2,1H3,(H,22,25). The van der Waals surface area contributed by atoms with Crippen molar-refractivity contribution in [3.63, 3.8) is 0 Å². The van der Waals surface area contributed by atoms with Crippen molar-refractivity contribution in [2.24, 2.45) is 0 Å².